The van der Waals surface area contributed by atoms with Crippen LogP contribution in [-0.2, 0) is 10.3 Å². The van der Waals surface area contributed by atoms with Crippen LogP contribution < -0.4 is 0 Å². The van der Waals surface area contributed by atoms with Gasteiger partial charge < -0.3 is 0 Å². The Morgan fingerprint density at radius 2 is 0.600 bits per heavy atom. The summed E-state index contributed by atoms with van der Waals surface area (Å²) in [5, 5.41) is 3.33. The molecule has 0 nitrogen and oxygen atoms in total. The van der Waals surface area contributed by atoms with Crippen molar-refractivity contribution in [2.24, 2.45) is 0 Å². The molecule has 0 saturated carbocycles. The molecule has 1 saturated heterocycles. The monoisotopic (exact) mass is 716 g/mol. The van der Waals surface area contributed by atoms with Crippen LogP contribution in [0.4, 0.5) is 0 Å². The summed E-state index contributed by atoms with van der Waals surface area (Å²) in [5.41, 5.74) is 12.0. The normalized spacial score (nSPS) is 26.8. The molecule has 0 spiro atoms. The van der Waals surface area contributed by atoms with Gasteiger partial charge in [-0.25, -0.2) is 0 Å². The first kappa shape index (κ1) is 32.4. The molecule has 3 aliphatic heterocycles. The van der Waals surface area contributed by atoms with Crippen molar-refractivity contribution < 1.29 is 0 Å². The molecule has 0 radical (unpaired) electrons. The molecule has 0 aliphatic carbocycles. The zero-order valence-corrected chi connectivity index (χ0v) is 32.1. The lowest BCUT2D eigenvalue weighted by atomic mass is 9.82. The summed E-state index contributed by atoms with van der Waals surface area (Å²) >= 11 is 0. The highest BCUT2D eigenvalue weighted by molar-refractivity contribution is 9.12. The summed E-state index contributed by atoms with van der Waals surface area (Å²) in [6.45, 7) is 5.01. The van der Waals surface area contributed by atoms with Crippen LogP contribution in [0.25, 0.3) is 21.8 Å². The molecule has 6 aromatic rings. The lowest BCUT2D eigenvalue weighted by Gasteiger charge is -2.60. The number of fused-ring (bicyclic) bond motifs is 4. The first-order valence-corrected chi connectivity index (χ1v) is 26.0. The van der Waals surface area contributed by atoms with Crippen LogP contribution in [0.2, 0.25) is 0 Å². The first-order chi connectivity index (χ1) is 24.8. The molecule has 0 amide bonds. The number of rotatable bonds is 8. The molecular weight excluding hydrogens is 676 g/mol. The average Bonchev–Trinajstić information content (AvgIpc) is 3.61. The quantitative estimate of drug-likeness (QED) is 0.138. The molecule has 9 rings (SSSR count). The second-order valence-electron chi connectivity index (χ2n) is 13.2. The van der Waals surface area contributed by atoms with Crippen molar-refractivity contribution in [3.8, 4) is 0 Å². The van der Waals surface area contributed by atoms with E-state index in [1.54, 1.807) is 21.8 Å². The molecular formula is C46H40P4. The van der Waals surface area contributed by atoms with Crippen LogP contribution in [0, 0.1) is 0 Å². The lowest BCUT2D eigenvalue weighted by molar-refractivity contribution is 0.744. The lowest BCUT2D eigenvalue weighted by Crippen LogP contribution is -2.27. The number of allylic oxidation sites excluding steroid dienone is 2. The Bertz CT molecular complexity index is 2020. The standard InChI is InChI=1S/C46H40P4/c1-3-45(39-31-19-9-20-32-39)41(35-23-11-5-12-24-35)43(37-27-15-7-16-28-37)47-48-44(38-29-17-8-18-30-38)42(36-25-13-6-14-26-36)46(4-2,50(48)49(45)47)40-33-21-10-22-34-40/h5-34H,3-4H2,1-2H3. The van der Waals surface area contributed by atoms with Gasteiger partial charge in [0.15, 0.2) is 0 Å². The maximum absolute atomic E-state index is 2.51. The van der Waals surface area contributed by atoms with Crippen LogP contribution in [0.15, 0.2) is 182 Å². The third-order valence-corrected chi connectivity index (χ3v) is 45.8. The molecule has 6 aromatic carbocycles. The van der Waals surface area contributed by atoms with E-state index in [1.165, 1.54) is 33.4 Å². The van der Waals surface area contributed by atoms with E-state index >= 15 is 0 Å². The minimum absolute atomic E-state index is 0.0253. The average molecular weight is 717 g/mol. The predicted molar refractivity (Wildman–Crippen MR) is 224 cm³/mol. The SMILES string of the molecule is CCC1(c2ccccc2)C(c2ccccc2)=C(c2ccccc2)P2P3C(c4ccccc4)=C(c4ccccc4)C(CC)(c4ccccc4)P3P21. The molecule has 0 N–H and O–H groups in total. The van der Waals surface area contributed by atoms with Gasteiger partial charge in [0, 0.05) is 10.3 Å². The summed E-state index contributed by atoms with van der Waals surface area (Å²) in [4.78, 5) is 0. The van der Waals surface area contributed by atoms with E-state index in [0.717, 1.165) is 12.8 Å². The van der Waals surface area contributed by atoms with Crippen molar-refractivity contribution >= 4 is 51.0 Å². The molecule has 3 heterocycles. The molecule has 0 aromatic heterocycles. The van der Waals surface area contributed by atoms with Crippen LogP contribution in [-0.4, -0.2) is 0 Å². The Balaban J connectivity index is 1.44. The topological polar surface area (TPSA) is 0 Å². The van der Waals surface area contributed by atoms with Crippen molar-refractivity contribution in [3.63, 3.8) is 0 Å². The van der Waals surface area contributed by atoms with Gasteiger partial charge in [0.05, 0.1) is 0 Å². The zero-order valence-electron chi connectivity index (χ0n) is 28.5. The number of hydrogen-bond donors (Lipinski definition) is 0. The molecule has 0 bridgehead atoms. The molecule has 244 valence electrons. The van der Waals surface area contributed by atoms with Crippen molar-refractivity contribution in [1.29, 1.82) is 0 Å². The minimum atomic E-state index is -0.460. The molecule has 3 aliphatic rings. The van der Waals surface area contributed by atoms with Gasteiger partial charge in [0.2, 0.25) is 0 Å². The van der Waals surface area contributed by atoms with Crippen molar-refractivity contribution in [2.75, 3.05) is 0 Å². The number of benzene rings is 6. The molecule has 6 atom stereocenters. The van der Waals surface area contributed by atoms with Gasteiger partial charge >= 0.3 is 0 Å². The Hall–Kier alpha value is -3.48. The second-order valence-corrected chi connectivity index (χ2v) is 31.4. The maximum atomic E-state index is 2.51. The van der Waals surface area contributed by atoms with E-state index in [0.29, 0.717) is 0 Å². The van der Waals surface area contributed by atoms with Crippen molar-refractivity contribution in [2.45, 2.75) is 37.0 Å². The third-order valence-electron chi connectivity index (χ3n) is 10.8. The van der Waals surface area contributed by atoms with E-state index in [-0.39, 0.29) is 10.3 Å². The highest BCUT2D eigenvalue weighted by atomic mass is 33.0. The number of hydrogen-bond acceptors (Lipinski definition) is 0. The van der Waals surface area contributed by atoms with Crippen molar-refractivity contribution in [1.82, 2.24) is 0 Å². The summed E-state index contributed by atoms with van der Waals surface area (Å²) in [5.74, 6) is 0. The van der Waals surface area contributed by atoms with Gasteiger partial charge in [0.1, 0.15) is 0 Å². The highest BCUT2D eigenvalue weighted by Gasteiger charge is 2.75. The Labute approximate surface area is 302 Å². The molecule has 4 heteroatoms. The largest absolute Gasteiger partial charge is 0.0638 e. The molecule has 1 fully saturated rings. The third kappa shape index (κ3) is 4.66. The second kappa shape index (κ2) is 13.2. The van der Waals surface area contributed by atoms with E-state index < -0.39 is 29.2 Å². The summed E-state index contributed by atoms with van der Waals surface area (Å²) in [7, 11) is -1.81. The van der Waals surface area contributed by atoms with Crippen molar-refractivity contribution in [3.05, 3.63) is 215 Å². The van der Waals surface area contributed by atoms with E-state index in [4.69, 9.17) is 0 Å². The predicted octanol–water partition coefficient (Wildman–Crippen LogP) is 15.4. The van der Waals surface area contributed by atoms with Gasteiger partial charge in [-0.3, -0.25) is 0 Å². The maximum Gasteiger partial charge on any atom is 0.0499 e. The van der Waals surface area contributed by atoms with Crippen LogP contribution in [0.3, 0.4) is 0 Å². The smallest absolute Gasteiger partial charge is 0.0499 e. The van der Waals surface area contributed by atoms with Crippen LogP contribution in [0.5, 0.6) is 0 Å². The Morgan fingerprint density at radius 1 is 0.340 bits per heavy atom. The van der Waals surface area contributed by atoms with E-state index in [9.17, 15) is 0 Å². The Morgan fingerprint density at radius 3 is 0.880 bits per heavy atom. The first-order valence-electron chi connectivity index (χ1n) is 17.8. The Kier molecular flexibility index (Phi) is 8.59. The molecule has 50 heavy (non-hydrogen) atoms. The van der Waals surface area contributed by atoms with Crippen LogP contribution in [0.1, 0.15) is 60.1 Å². The fourth-order valence-electron chi connectivity index (χ4n) is 8.77. The van der Waals surface area contributed by atoms with E-state index in [1.807, 2.05) is 0 Å². The summed E-state index contributed by atoms with van der Waals surface area (Å²) in [6, 6.07) is 69.7. The van der Waals surface area contributed by atoms with Gasteiger partial charge in [-0.1, -0.05) is 196 Å². The van der Waals surface area contributed by atoms with Gasteiger partial charge in [-0.2, -0.15) is 0 Å². The van der Waals surface area contributed by atoms with Gasteiger partial charge in [0.25, 0.3) is 0 Å². The van der Waals surface area contributed by atoms with Gasteiger partial charge in [-0.15, -0.1) is 0 Å². The molecule has 6 unspecified atom stereocenters. The van der Waals surface area contributed by atoms with Crippen LogP contribution >= 0.6 is 29.2 Å². The van der Waals surface area contributed by atoms with Gasteiger partial charge in [-0.05, 0) is 97.2 Å². The fourth-order valence-corrected chi connectivity index (χ4v) is 55.1. The zero-order chi connectivity index (χ0) is 33.7. The summed E-state index contributed by atoms with van der Waals surface area (Å²) in [6.07, 6.45) is 2.22. The minimum Gasteiger partial charge on any atom is -0.0638 e. The van der Waals surface area contributed by atoms with E-state index in [2.05, 4.69) is 196 Å². The highest BCUT2D eigenvalue weighted by Crippen LogP contribution is 3.34. The summed E-state index contributed by atoms with van der Waals surface area (Å²) < 4.78 is 0. The fraction of sp³-hybridized carbons (Fsp3) is 0.130.